The molecule has 1 fully saturated rings. The number of furan rings is 1. The summed E-state index contributed by atoms with van der Waals surface area (Å²) in [5, 5.41) is 3.35. The molecular weight excluding hydrogens is 216 g/mol. The van der Waals surface area contributed by atoms with E-state index in [4.69, 9.17) is 4.42 Å². The van der Waals surface area contributed by atoms with Gasteiger partial charge in [-0.05, 0) is 31.9 Å². The summed E-state index contributed by atoms with van der Waals surface area (Å²) in [4.78, 5) is 13.8. The Balaban J connectivity index is 1.73. The second-order valence-electron chi connectivity index (χ2n) is 4.47. The van der Waals surface area contributed by atoms with Crippen molar-refractivity contribution in [2.24, 2.45) is 0 Å². The highest BCUT2D eigenvalue weighted by atomic mass is 16.3. The number of rotatable bonds is 7. The highest BCUT2D eigenvalue weighted by molar-refractivity contribution is 5.76. The summed E-state index contributed by atoms with van der Waals surface area (Å²) in [6, 6.07) is 4.42. The average molecular weight is 236 g/mol. The van der Waals surface area contributed by atoms with Gasteiger partial charge in [-0.15, -0.1) is 0 Å². The molecule has 1 aliphatic rings. The largest absolute Gasteiger partial charge is 0.467 e. The van der Waals surface area contributed by atoms with Gasteiger partial charge >= 0.3 is 0 Å². The van der Waals surface area contributed by atoms with Crippen molar-refractivity contribution in [1.29, 1.82) is 0 Å². The first-order valence-corrected chi connectivity index (χ1v) is 6.33. The Hall–Kier alpha value is -1.29. The van der Waals surface area contributed by atoms with Crippen LogP contribution in [0.3, 0.4) is 0 Å². The van der Waals surface area contributed by atoms with Crippen molar-refractivity contribution in [3.8, 4) is 0 Å². The molecule has 0 aliphatic heterocycles. The number of hydrogen-bond acceptors (Lipinski definition) is 3. The van der Waals surface area contributed by atoms with E-state index in [1.54, 1.807) is 6.26 Å². The third-order valence-electron chi connectivity index (χ3n) is 3.01. The van der Waals surface area contributed by atoms with Crippen LogP contribution in [0.15, 0.2) is 22.8 Å². The van der Waals surface area contributed by atoms with Crippen LogP contribution in [0.2, 0.25) is 0 Å². The Labute approximate surface area is 102 Å². The lowest BCUT2D eigenvalue weighted by Gasteiger charge is -2.19. The summed E-state index contributed by atoms with van der Waals surface area (Å²) < 4.78 is 5.26. The monoisotopic (exact) mass is 236 g/mol. The second kappa shape index (κ2) is 5.87. The predicted octanol–water partition coefficient (Wildman–Crippen LogP) is 1.77. The molecule has 94 valence electrons. The van der Waals surface area contributed by atoms with Crippen LogP contribution < -0.4 is 5.32 Å². The van der Waals surface area contributed by atoms with Crippen LogP contribution in [0, 0.1) is 0 Å². The molecule has 1 aromatic rings. The molecule has 2 rings (SSSR count). The van der Waals surface area contributed by atoms with Crippen LogP contribution in [0.5, 0.6) is 0 Å². The van der Waals surface area contributed by atoms with Gasteiger partial charge in [0.25, 0.3) is 0 Å². The zero-order valence-electron chi connectivity index (χ0n) is 10.3. The maximum Gasteiger partial charge on any atom is 0.224 e. The fourth-order valence-electron chi connectivity index (χ4n) is 1.80. The van der Waals surface area contributed by atoms with Crippen molar-refractivity contribution in [2.75, 3.05) is 13.1 Å². The summed E-state index contributed by atoms with van der Waals surface area (Å²) in [7, 11) is 0. The van der Waals surface area contributed by atoms with Crippen molar-refractivity contribution in [2.45, 2.75) is 38.8 Å². The highest BCUT2D eigenvalue weighted by Gasteiger charge is 2.21. The van der Waals surface area contributed by atoms with Gasteiger partial charge in [0, 0.05) is 25.6 Å². The topological polar surface area (TPSA) is 45.5 Å². The van der Waals surface area contributed by atoms with E-state index in [9.17, 15) is 4.79 Å². The fraction of sp³-hybridized carbons (Fsp3) is 0.615. The van der Waals surface area contributed by atoms with Gasteiger partial charge in [0.15, 0.2) is 0 Å². The summed E-state index contributed by atoms with van der Waals surface area (Å²) in [5.41, 5.74) is 0. The minimum absolute atomic E-state index is 0.192. The fourth-order valence-corrected chi connectivity index (χ4v) is 1.80. The molecule has 1 N–H and O–H groups in total. The molecule has 1 amide bonds. The van der Waals surface area contributed by atoms with E-state index < -0.39 is 0 Å². The maximum absolute atomic E-state index is 11.9. The van der Waals surface area contributed by atoms with Gasteiger partial charge < -0.3 is 14.6 Å². The van der Waals surface area contributed by atoms with E-state index in [0.717, 1.165) is 18.8 Å². The lowest BCUT2D eigenvalue weighted by molar-refractivity contribution is -0.131. The molecule has 0 spiro atoms. The lowest BCUT2D eigenvalue weighted by Crippen LogP contribution is -2.33. The van der Waals surface area contributed by atoms with Gasteiger partial charge in [0.2, 0.25) is 5.91 Å². The number of nitrogens with one attached hydrogen (secondary N) is 1. The molecule has 0 radical (unpaired) electrons. The third-order valence-corrected chi connectivity index (χ3v) is 3.01. The lowest BCUT2D eigenvalue weighted by atomic mass is 10.3. The Morgan fingerprint density at radius 1 is 1.59 bits per heavy atom. The highest BCUT2D eigenvalue weighted by Crippen LogP contribution is 2.18. The average Bonchev–Trinajstić information content (AvgIpc) is 3.01. The minimum atomic E-state index is 0.192. The summed E-state index contributed by atoms with van der Waals surface area (Å²) in [6.45, 7) is 4.09. The van der Waals surface area contributed by atoms with Crippen LogP contribution in [0.25, 0.3) is 0 Å². The van der Waals surface area contributed by atoms with E-state index in [1.165, 1.54) is 12.8 Å². The normalized spacial score (nSPS) is 14.9. The molecule has 0 bridgehead atoms. The van der Waals surface area contributed by atoms with E-state index in [2.05, 4.69) is 5.32 Å². The SMILES string of the molecule is CCN(Cc1ccco1)C(=O)CCNC1CC1. The van der Waals surface area contributed by atoms with Crippen LogP contribution in [0.1, 0.15) is 31.9 Å². The number of hydrogen-bond donors (Lipinski definition) is 1. The third kappa shape index (κ3) is 3.89. The molecule has 1 heterocycles. The van der Waals surface area contributed by atoms with E-state index in [-0.39, 0.29) is 5.91 Å². The number of nitrogens with zero attached hydrogens (tertiary/aromatic N) is 1. The van der Waals surface area contributed by atoms with Gasteiger partial charge in [0.05, 0.1) is 12.8 Å². The quantitative estimate of drug-likeness (QED) is 0.784. The summed E-state index contributed by atoms with van der Waals surface area (Å²) in [6.07, 6.45) is 4.74. The number of amides is 1. The Morgan fingerprint density at radius 3 is 3.00 bits per heavy atom. The van der Waals surface area contributed by atoms with E-state index >= 15 is 0 Å². The Morgan fingerprint density at radius 2 is 2.41 bits per heavy atom. The zero-order chi connectivity index (χ0) is 12.1. The molecule has 1 saturated carbocycles. The molecule has 0 saturated heterocycles. The van der Waals surface area contributed by atoms with Crippen molar-refractivity contribution in [1.82, 2.24) is 10.2 Å². The van der Waals surface area contributed by atoms with Gasteiger partial charge in [0.1, 0.15) is 5.76 Å². The summed E-state index contributed by atoms with van der Waals surface area (Å²) >= 11 is 0. The molecule has 0 atom stereocenters. The van der Waals surface area contributed by atoms with Gasteiger partial charge in [-0.2, -0.15) is 0 Å². The molecule has 1 aromatic heterocycles. The first-order chi connectivity index (χ1) is 8.29. The van der Waals surface area contributed by atoms with Crippen molar-refractivity contribution < 1.29 is 9.21 Å². The van der Waals surface area contributed by atoms with Gasteiger partial charge in [-0.25, -0.2) is 0 Å². The Bertz CT molecular complexity index is 344. The molecule has 4 heteroatoms. The van der Waals surface area contributed by atoms with Crippen molar-refractivity contribution in [3.05, 3.63) is 24.2 Å². The molecule has 0 aromatic carbocycles. The minimum Gasteiger partial charge on any atom is -0.467 e. The summed E-state index contributed by atoms with van der Waals surface area (Å²) in [5.74, 6) is 1.03. The standard InChI is InChI=1S/C13H20N2O2/c1-2-15(10-12-4-3-9-17-12)13(16)7-8-14-11-5-6-11/h3-4,9,11,14H,2,5-8,10H2,1H3. The van der Waals surface area contributed by atoms with Crippen LogP contribution >= 0.6 is 0 Å². The molecule has 0 unspecified atom stereocenters. The van der Waals surface area contributed by atoms with Crippen molar-refractivity contribution >= 4 is 5.91 Å². The molecule has 17 heavy (non-hydrogen) atoms. The maximum atomic E-state index is 11.9. The van der Waals surface area contributed by atoms with Crippen LogP contribution in [-0.2, 0) is 11.3 Å². The predicted molar refractivity (Wildman–Crippen MR) is 65.4 cm³/mol. The van der Waals surface area contributed by atoms with Gasteiger partial charge in [-0.3, -0.25) is 4.79 Å². The van der Waals surface area contributed by atoms with E-state index in [0.29, 0.717) is 19.0 Å². The zero-order valence-corrected chi connectivity index (χ0v) is 10.3. The van der Waals surface area contributed by atoms with Crippen LogP contribution in [0.4, 0.5) is 0 Å². The number of carbonyl (C=O) groups excluding carboxylic acids is 1. The molecular formula is C13H20N2O2. The van der Waals surface area contributed by atoms with Gasteiger partial charge in [-0.1, -0.05) is 0 Å². The van der Waals surface area contributed by atoms with Crippen molar-refractivity contribution in [3.63, 3.8) is 0 Å². The number of carbonyl (C=O) groups is 1. The van der Waals surface area contributed by atoms with E-state index in [1.807, 2.05) is 24.0 Å². The second-order valence-corrected chi connectivity index (χ2v) is 4.47. The smallest absolute Gasteiger partial charge is 0.224 e. The Kier molecular flexibility index (Phi) is 4.20. The first-order valence-electron chi connectivity index (χ1n) is 6.33. The molecule has 4 nitrogen and oxygen atoms in total. The van der Waals surface area contributed by atoms with Crippen LogP contribution in [-0.4, -0.2) is 29.9 Å². The molecule has 1 aliphatic carbocycles. The first kappa shape index (κ1) is 12.2.